The first-order valence-electron chi connectivity index (χ1n) is 9.97. The van der Waals surface area contributed by atoms with Gasteiger partial charge < -0.3 is 4.74 Å². The van der Waals surface area contributed by atoms with Gasteiger partial charge in [0.05, 0.1) is 13.2 Å². The summed E-state index contributed by atoms with van der Waals surface area (Å²) in [6.45, 7) is 4.18. The van der Waals surface area contributed by atoms with Gasteiger partial charge >= 0.3 is 13.5 Å². The van der Waals surface area contributed by atoms with Crippen molar-refractivity contribution in [3.05, 3.63) is 32.6 Å². The van der Waals surface area contributed by atoms with E-state index in [0.29, 0.717) is 18.6 Å². The molecule has 0 aliphatic carbocycles. The summed E-state index contributed by atoms with van der Waals surface area (Å²) in [6.07, 6.45) is 6.82. The Kier molecular flexibility index (Phi) is 7.28. The predicted octanol–water partition coefficient (Wildman–Crippen LogP) is 3.03. The van der Waals surface area contributed by atoms with Gasteiger partial charge in [-0.1, -0.05) is 39.0 Å². The number of H-pyrrole nitrogens is 1. The van der Waals surface area contributed by atoms with Gasteiger partial charge in [0, 0.05) is 18.2 Å². The van der Waals surface area contributed by atoms with E-state index in [0.717, 1.165) is 19.3 Å². The van der Waals surface area contributed by atoms with Crippen LogP contribution in [0.15, 0.2) is 15.8 Å². The van der Waals surface area contributed by atoms with E-state index in [1.165, 1.54) is 30.0 Å². The summed E-state index contributed by atoms with van der Waals surface area (Å²) in [6, 6.07) is 0. The Balaban J connectivity index is 1.52. The molecule has 28 heavy (non-hydrogen) atoms. The molecule has 10 heteroatoms. The third-order valence-corrected chi connectivity index (χ3v) is 6.54. The number of hydrogen-bond acceptors (Lipinski definition) is 7. The smallest absolute Gasteiger partial charge is 0.349 e. The zero-order valence-electron chi connectivity index (χ0n) is 16.4. The van der Waals surface area contributed by atoms with Crippen molar-refractivity contribution in [1.82, 2.24) is 9.55 Å². The molecule has 1 aromatic rings. The molecule has 0 amide bonds. The van der Waals surface area contributed by atoms with Crippen molar-refractivity contribution in [2.75, 3.05) is 13.2 Å². The number of aromatic nitrogens is 2. The van der Waals surface area contributed by atoms with E-state index in [9.17, 15) is 14.2 Å². The summed E-state index contributed by atoms with van der Waals surface area (Å²) in [4.78, 5) is 25.8. The largest absolute Gasteiger partial charge is 0.475 e. The molecule has 1 unspecified atom stereocenters. The summed E-state index contributed by atoms with van der Waals surface area (Å²) in [5.74, 6) is 0. The van der Waals surface area contributed by atoms with Crippen LogP contribution in [0.5, 0.6) is 0 Å². The van der Waals surface area contributed by atoms with Crippen LogP contribution in [-0.4, -0.2) is 35.0 Å². The molecule has 2 saturated heterocycles. The molecule has 3 rings (SSSR count). The van der Waals surface area contributed by atoms with Crippen LogP contribution in [0.1, 0.15) is 63.7 Å². The molecule has 2 aliphatic rings. The van der Waals surface area contributed by atoms with Gasteiger partial charge in [-0.3, -0.25) is 27.9 Å². The van der Waals surface area contributed by atoms with Crippen molar-refractivity contribution in [3.8, 4) is 0 Å². The SMILES string of the molecule is CCCCCCCCOP1(=O)OC[C@H]2O[C@@H](n3cc(C)c(=O)[nH]c3=O)C[C@@H]2O1. The highest BCUT2D eigenvalue weighted by molar-refractivity contribution is 7.48. The van der Waals surface area contributed by atoms with Crippen molar-refractivity contribution in [1.29, 1.82) is 0 Å². The lowest BCUT2D eigenvalue weighted by atomic mass is 10.1. The Labute approximate surface area is 164 Å². The number of ether oxygens (including phenoxy) is 1. The van der Waals surface area contributed by atoms with E-state index in [1.807, 2.05) is 0 Å². The number of phosphoric ester groups is 1. The van der Waals surface area contributed by atoms with Crippen molar-refractivity contribution < 1.29 is 22.9 Å². The van der Waals surface area contributed by atoms with Gasteiger partial charge in [0.25, 0.3) is 5.56 Å². The topological polar surface area (TPSA) is 109 Å². The lowest BCUT2D eigenvalue weighted by Gasteiger charge is -2.29. The molecule has 4 atom stereocenters. The van der Waals surface area contributed by atoms with Crippen LogP contribution in [0.2, 0.25) is 0 Å². The lowest BCUT2D eigenvalue weighted by Crippen LogP contribution is -2.34. The molecule has 0 radical (unpaired) electrons. The van der Waals surface area contributed by atoms with Gasteiger partial charge in [-0.2, -0.15) is 0 Å². The van der Waals surface area contributed by atoms with E-state index in [4.69, 9.17) is 18.3 Å². The van der Waals surface area contributed by atoms with Gasteiger partial charge in [0.1, 0.15) is 18.4 Å². The van der Waals surface area contributed by atoms with Crippen molar-refractivity contribution in [2.24, 2.45) is 0 Å². The molecule has 0 bridgehead atoms. The van der Waals surface area contributed by atoms with Gasteiger partial charge in [-0.25, -0.2) is 9.36 Å². The first kappa shape index (κ1) is 21.5. The minimum atomic E-state index is -3.62. The van der Waals surface area contributed by atoms with Crippen LogP contribution in [0.4, 0.5) is 0 Å². The molecule has 158 valence electrons. The molecule has 3 heterocycles. The van der Waals surface area contributed by atoms with Crippen LogP contribution < -0.4 is 11.2 Å². The maximum Gasteiger partial charge on any atom is 0.475 e. The molecule has 0 spiro atoms. The highest BCUT2D eigenvalue weighted by Crippen LogP contribution is 2.56. The Morgan fingerprint density at radius 2 is 1.96 bits per heavy atom. The van der Waals surface area contributed by atoms with Crippen LogP contribution in [-0.2, 0) is 22.9 Å². The second kappa shape index (κ2) is 9.50. The van der Waals surface area contributed by atoms with E-state index in [2.05, 4.69) is 11.9 Å². The highest BCUT2D eigenvalue weighted by Gasteiger charge is 2.47. The van der Waals surface area contributed by atoms with Gasteiger partial charge in [0.2, 0.25) is 0 Å². The number of fused-ring (bicyclic) bond motifs is 1. The quantitative estimate of drug-likeness (QED) is 0.487. The Bertz CT molecular complexity index is 821. The zero-order valence-corrected chi connectivity index (χ0v) is 17.3. The molecular formula is C18H29N2O7P. The lowest BCUT2D eigenvalue weighted by molar-refractivity contribution is -0.0723. The first-order valence-corrected chi connectivity index (χ1v) is 11.4. The number of unbranched alkanes of at least 4 members (excludes halogenated alkanes) is 5. The summed E-state index contributed by atoms with van der Waals surface area (Å²) in [7, 11) is -3.62. The second-order valence-electron chi connectivity index (χ2n) is 7.33. The molecule has 0 aromatic carbocycles. The maximum atomic E-state index is 12.7. The normalized spacial score (nSPS) is 29.7. The Hall–Kier alpha value is -1.25. The first-order chi connectivity index (χ1) is 13.4. The molecule has 9 nitrogen and oxygen atoms in total. The summed E-state index contributed by atoms with van der Waals surface area (Å²) >= 11 is 0. The van der Waals surface area contributed by atoms with E-state index < -0.39 is 37.5 Å². The highest BCUT2D eigenvalue weighted by atomic mass is 31.2. The second-order valence-corrected chi connectivity index (χ2v) is 8.95. The molecule has 1 N–H and O–H groups in total. The average molecular weight is 416 g/mol. The fourth-order valence-electron chi connectivity index (χ4n) is 3.42. The van der Waals surface area contributed by atoms with Crippen molar-refractivity contribution in [3.63, 3.8) is 0 Å². The molecular weight excluding hydrogens is 387 g/mol. The minimum Gasteiger partial charge on any atom is -0.349 e. The van der Waals surface area contributed by atoms with E-state index in [-0.39, 0.29) is 6.61 Å². The monoisotopic (exact) mass is 416 g/mol. The molecule has 0 saturated carbocycles. The van der Waals surface area contributed by atoms with Crippen LogP contribution in [0.25, 0.3) is 0 Å². The summed E-state index contributed by atoms with van der Waals surface area (Å²) < 4.78 is 36.2. The number of aryl methyl sites for hydroxylation is 1. The number of nitrogens with one attached hydrogen (secondary N) is 1. The Morgan fingerprint density at radius 1 is 1.21 bits per heavy atom. The molecule has 2 fully saturated rings. The van der Waals surface area contributed by atoms with Crippen molar-refractivity contribution in [2.45, 2.75) is 77.2 Å². The minimum absolute atomic E-state index is 0.0754. The number of aromatic amines is 1. The van der Waals surface area contributed by atoms with Gasteiger partial charge in [0.15, 0.2) is 0 Å². The number of nitrogens with zero attached hydrogens (tertiary/aromatic N) is 1. The van der Waals surface area contributed by atoms with E-state index >= 15 is 0 Å². The number of rotatable bonds is 9. The average Bonchev–Trinajstić information content (AvgIpc) is 3.06. The van der Waals surface area contributed by atoms with Gasteiger partial charge in [-0.05, 0) is 13.3 Å². The van der Waals surface area contributed by atoms with Crippen LogP contribution >= 0.6 is 7.82 Å². The summed E-state index contributed by atoms with van der Waals surface area (Å²) in [5, 5.41) is 0. The fraction of sp³-hybridized carbons (Fsp3) is 0.778. The van der Waals surface area contributed by atoms with Crippen molar-refractivity contribution >= 4 is 7.82 Å². The van der Waals surface area contributed by atoms with Crippen LogP contribution in [0, 0.1) is 6.92 Å². The maximum absolute atomic E-state index is 12.7. The fourth-order valence-corrected chi connectivity index (χ4v) is 4.85. The number of hydrogen-bond donors (Lipinski definition) is 1. The third-order valence-electron chi connectivity index (χ3n) is 5.05. The van der Waals surface area contributed by atoms with Gasteiger partial charge in [-0.15, -0.1) is 0 Å². The third kappa shape index (κ3) is 5.21. The standard InChI is InChI=1S/C18H29N2O7P/c1-3-4-5-6-7-8-9-24-28(23)25-12-15-14(27-28)10-16(26-15)20-11-13(2)17(21)19-18(20)22/h11,14-16H,3-10,12H2,1-2H3,(H,19,21,22)/t14-,15+,16+,28?/m0/s1. The molecule has 2 aliphatic heterocycles. The Morgan fingerprint density at radius 3 is 2.75 bits per heavy atom. The number of phosphoric acid groups is 1. The summed E-state index contributed by atoms with van der Waals surface area (Å²) in [5.41, 5.74) is -0.574. The molecule has 1 aromatic heterocycles. The predicted molar refractivity (Wildman–Crippen MR) is 102 cm³/mol. The van der Waals surface area contributed by atoms with E-state index in [1.54, 1.807) is 6.92 Å². The zero-order chi connectivity index (χ0) is 20.1. The van der Waals surface area contributed by atoms with Crippen LogP contribution in [0.3, 0.4) is 0 Å².